The Morgan fingerprint density at radius 3 is 2.73 bits per heavy atom. The van der Waals surface area contributed by atoms with Gasteiger partial charge < -0.3 is 14.8 Å². The summed E-state index contributed by atoms with van der Waals surface area (Å²) in [5.41, 5.74) is 0.150. The molecule has 2 N–H and O–H groups in total. The minimum atomic E-state index is -1.72. The second-order valence-corrected chi connectivity index (χ2v) is 3.26. The Morgan fingerprint density at radius 1 is 1.53 bits per heavy atom. The molecular weight excluding hydrogens is 218 g/mol. The van der Waals surface area contributed by atoms with Gasteiger partial charge in [-0.25, -0.2) is 4.79 Å². The Balaban J connectivity index is 3.12. The van der Waals surface area contributed by atoms with Crippen LogP contribution in [0.2, 0.25) is 5.02 Å². The van der Waals surface area contributed by atoms with Gasteiger partial charge in [0.1, 0.15) is 0 Å². The number of hydrogen-bond acceptors (Lipinski definition) is 4. The monoisotopic (exact) mass is 228 g/mol. The van der Waals surface area contributed by atoms with Crippen LogP contribution in [-0.2, 0) is 4.74 Å². The molecule has 0 saturated heterocycles. The Bertz CT molecular complexity index is 367. The second kappa shape index (κ2) is 5.16. The van der Waals surface area contributed by atoms with Crippen LogP contribution < -0.4 is 5.46 Å². The largest absolute Gasteiger partial charge is 0.489 e. The van der Waals surface area contributed by atoms with Crippen LogP contribution >= 0.6 is 11.6 Å². The molecule has 0 atom stereocenters. The maximum atomic E-state index is 11.4. The summed E-state index contributed by atoms with van der Waals surface area (Å²) in [5, 5.41) is 18.4. The molecule has 0 radical (unpaired) electrons. The quantitative estimate of drug-likeness (QED) is 0.573. The summed E-state index contributed by atoms with van der Waals surface area (Å²) in [6.45, 7) is 1.88. The molecule has 0 heterocycles. The van der Waals surface area contributed by atoms with Crippen LogP contribution in [0.15, 0.2) is 18.2 Å². The van der Waals surface area contributed by atoms with Crippen molar-refractivity contribution < 1.29 is 19.6 Å². The van der Waals surface area contributed by atoms with Crippen LogP contribution in [0, 0.1) is 0 Å². The van der Waals surface area contributed by atoms with Crippen LogP contribution in [0.5, 0.6) is 0 Å². The van der Waals surface area contributed by atoms with Gasteiger partial charge >= 0.3 is 13.1 Å². The van der Waals surface area contributed by atoms with E-state index >= 15 is 0 Å². The van der Waals surface area contributed by atoms with E-state index in [2.05, 4.69) is 0 Å². The summed E-state index contributed by atoms with van der Waals surface area (Å²) in [7, 11) is -1.72. The molecule has 0 unspecified atom stereocenters. The summed E-state index contributed by atoms with van der Waals surface area (Å²) in [4.78, 5) is 11.4. The molecule has 0 saturated carbocycles. The Labute approximate surface area is 92.6 Å². The predicted octanol–water partition coefficient (Wildman–Crippen LogP) is 0.196. The van der Waals surface area contributed by atoms with Crippen molar-refractivity contribution in [3.05, 3.63) is 28.8 Å². The fourth-order valence-electron chi connectivity index (χ4n) is 1.14. The standard InChI is InChI=1S/C9H10BClO4/c1-2-15-9(12)7-5-6(11)3-4-8(7)10(13)14/h3-5,13-14H,2H2,1H3. The molecule has 0 aromatic heterocycles. The Kier molecular flexibility index (Phi) is 4.14. The van der Waals surface area contributed by atoms with Gasteiger partial charge in [-0.05, 0) is 24.5 Å². The highest BCUT2D eigenvalue weighted by molar-refractivity contribution is 6.60. The summed E-state index contributed by atoms with van der Waals surface area (Å²) in [5.74, 6) is -0.622. The Hall–Kier alpha value is -1.04. The first kappa shape index (κ1) is 12.0. The number of halogens is 1. The molecule has 15 heavy (non-hydrogen) atoms. The third-order valence-electron chi connectivity index (χ3n) is 1.79. The third kappa shape index (κ3) is 2.96. The normalized spacial score (nSPS) is 9.87. The summed E-state index contributed by atoms with van der Waals surface area (Å²) < 4.78 is 4.75. The van der Waals surface area contributed by atoms with E-state index in [0.29, 0.717) is 5.02 Å². The maximum absolute atomic E-state index is 11.4. The molecule has 4 nitrogen and oxygen atoms in total. The minimum Gasteiger partial charge on any atom is -0.462 e. The average Bonchev–Trinajstić information content (AvgIpc) is 2.17. The fraction of sp³-hybridized carbons (Fsp3) is 0.222. The SMILES string of the molecule is CCOC(=O)c1cc(Cl)ccc1B(O)O. The van der Waals surface area contributed by atoms with Crippen molar-refractivity contribution in [1.29, 1.82) is 0 Å². The van der Waals surface area contributed by atoms with E-state index in [0.717, 1.165) is 0 Å². The summed E-state index contributed by atoms with van der Waals surface area (Å²) >= 11 is 5.69. The maximum Gasteiger partial charge on any atom is 0.489 e. The zero-order chi connectivity index (χ0) is 11.4. The van der Waals surface area contributed by atoms with Gasteiger partial charge in [-0.1, -0.05) is 17.7 Å². The van der Waals surface area contributed by atoms with Crippen LogP contribution in [0.25, 0.3) is 0 Å². The van der Waals surface area contributed by atoms with Crippen molar-refractivity contribution in [3.63, 3.8) is 0 Å². The van der Waals surface area contributed by atoms with Crippen molar-refractivity contribution >= 4 is 30.2 Å². The predicted molar refractivity (Wildman–Crippen MR) is 57.2 cm³/mol. The topological polar surface area (TPSA) is 66.8 Å². The Morgan fingerprint density at radius 2 is 2.20 bits per heavy atom. The van der Waals surface area contributed by atoms with E-state index in [1.807, 2.05) is 0 Å². The van der Waals surface area contributed by atoms with Crippen molar-refractivity contribution in [2.24, 2.45) is 0 Å². The molecule has 1 aromatic rings. The van der Waals surface area contributed by atoms with E-state index in [9.17, 15) is 4.79 Å². The smallest absolute Gasteiger partial charge is 0.462 e. The van der Waals surface area contributed by atoms with Crippen LogP contribution in [0.1, 0.15) is 17.3 Å². The number of hydrogen-bond donors (Lipinski definition) is 2. The number of rotatable bonds is 3. The van der Waals surface area contributed by atoms with Gasteiger partial charge in [-0.3, -0.25) is 0 Å². The van der Waals surface area contributed by atoms with E-state index in [1.165, 1.54) is 18.2 Å². The number of carbonyl (C=O) groups excluding carboxylic acids is 1. The lowest BCUT2D eigenvalue weighted by molar-refractivity contribution is 0.0527. The zero-order valence-electron chi connectivity index (χ0n) is 8.11. The molecule has 0 aliphatic carbocycles. The summed E-state index contributed by atoms with van der Waals surface area (Å²) in [6.07, 6.45) is 0. The number of ether oxygens (including phenoxy) is 1. The van der Waals surface area contributed by atoms with Gasteiger partial charge in [0, 0.05) is 5.02 Å². The van der Waals surface area contributed by atoms with Crippen molar-refractivity contribution in [3.8, 4) is 0 Å². The lowest BCUT2D eigenvalue weighted by atomic mass is 9.77. The number of carbonyl (C=O) groups is 1. The lowest BCUT2D eigenvalue weighted by Crippen LogP contribution is -2.35. The number of benzene rings is 1. The van der Waals surface area contributed by atoms with Gasteiger partial charge in [0.15, 0.2) is 0 Å². The number of esters is 1. The molecule has 0 fully saturated rings. The molecule has 0 aliphatic rings. The highest BCUT2D eigenvalue weighted by atomic mass is 35.5. The van der Waals surface area contributed by atoms with Gasteiger partial charge in [-0.15, -0.1) is 0 Å². The molecular formula is C9H10BClO4. The molecule has 1 aromatic carbocycles. The second-order valence-electron chi connectivity index (χ2n) is 2.83. The molecule has 0 spiro atoms. The van der Waals surface area contributed by atoms with Crippen LogP contribution in [-0.4, -0.2) is 29.7 Å². The molecule has 6 heteroatoms. The molecule has 0 aliphatic heterocycles. The molecule has 1 rings (SSSR count). The zero-order valence-corrected chi connectivity index (χ0v) is 8.86. The van der Waals surface area contributed by atoms with E-state index < -0.39 is 13.1 Å². The highest BCUT2D eigenvalue weighted by Gasteiger charge is 2.21. The van der Waals surface area contributed by atoms with Crippen molar-refractivity contribution in [2.75, 3.05) is 6.61 Å². The minimum absolute atomic E-state index is 0.0688. The molecule has 80 valence electrons. The molecule has 0 bridgehead atoms. The van der Waals surface area contributed by atoms with E-state index in [-0.39, 0.29) is 17.6 Å². The van der Waals surface area contributed by atoms with Crippen LogP contribution in [0.4, 0.5) is 0 Å². The van der Waals surface area contributed by atoms with Gasteiger partial charge in [0.05, 0.1) is 12.2 Å². The van der Waals surface area contributed by atoms with Crippen molar-refractivity contribution in [2.45, 2.75) is 6.92 Å². The highest BCUT2D eigenvalue weighted by Crippen LogP contribution is 2.10. The lowest BCUT2D eigenvalue weighted by Gasteiger charge is -2.08. The first-order chi connectivity index (χ1) is 7.06. The van der Waals surface area contributed by atoms with Crippen molar-refractivity contribution in [1.82, 2.24) is 0 Å². The van der Waals surface area contributed by atoms with E-state index in [1.54, 1.807) is 6.92 Å². The van der Waals surface area contributed by atoms with Gasteiger partial charge in [0.25, 0.3) is 0 Å². The first-order valence-electron chi connectivity index (χ1n) is 4.39. The summed E-state index contributed by atoms with van der Waals surface area (Å²) in [6, 6.07) is 4.19. The van der Waals surface area contributed by atoms with Gasteiger partial charge in [0.2, 0.25) is 0 Å². The fourth-order valence-corrected chi connectivity index (χ4v) is 1.31. The van der Waals surface area contributed by atoms with Crippen LogP contribution in [0.3, 0.4) is 0 Å². The third-order valence-corrected chi connectivity index (χ3v) is 2.02. The van der Waals surface area contributed by atoms with Gasteiger partial charge in [-0.2, -0.15) is 0 Å². The first-order valence-corrected chi connectivity index (χ1v) is 4.76. The molecule has 0 amide bonds. The van der Waals surface area contributed by atoms with E-state index in [4.69, 9.17) is 26.4 Å². The average molecular weight is 228 g/mol.